The highest BCUT2D eigenvalue weighted by Gasteiger charge is 2.25. The predicted molar refractivity (Wildman–Crippen MR) is 114 cm³/mol. The molecule has 0 bridgehead atoms. The number of likely N-dealkylation sites (tertiary alicyclic amines) is 1. The molecule has 0 atom stereocenters. The van der Waals surface area contributed by atoms with Crippen molar-refractivity contribution < 1.29 is 14.8 Å². The second kappa shape index (κ2) is 8.33. The highest BCUT2D eigenvalue weighted by Crippen LogP contribution is 2.29. The van der Waals surface area contributed by atoms with Crippen LogP contribution < -0.4 is 11.2 Å². The summed E-state index contributed by atoms with van der Waals surface area (Å²) in [6, 6.07) is 15.3. The van der Waals surface area contributed by atoms with Crippen molar-refractivity contribution in [1.29, 1.82) is 0 Å². The van der Waals surface area contributed by atoms with Crippen LogP contribution in [0, 0.1) is 0 Å². The first-order chi connectivity index (χ1) is 14.0. The molecular formula is C22H24BN3O3. The van der Waals surface area contributed by atoms with Crippen molar-refractivity contribution in [3.05, 3.63) is 71.5 Å². The fourth-order valence-electron chi connectivity index (χ4n) is 3.99. The van der Waals surface area contributed by atoms with Gasteiger partial charge in [0.2, 0.25) is 0 Å². The van der Waals surface area contributed by atoms with Crippen molar-refractivity contribution in [2.45, 2.75) is 25.3 Å². The molecule has 4 N–H and O–H groups in total. The van der Waals surface area contributed by atoms with Crippen molar-refractivity contribution in [1.82, 2.24) is 9.88 Å². The zero-order chi connectivity index (χ0) is 20.4. The van der Waals surface area contributed by atoms with E-state index >= 15 is 0 Å². The number of benzene rings is 2. The van der Waals surface area contributed by atoms with E-state index in [9.17, 15) is 14.8 Å². The smallest absolute Gasteiger partial charge is 0.423 e. The lowest BCUT2D eigenvalue weighted by Crippen LogP contribution is -2.38. The largest absolute Gasteiger partial charge is 0.488 e. The Labute approximate surface area is 170 Å². The first-order valence-electron chi connectivity index (χ1n) is 9.89. The van der Waals surface area contributed by atoms with Gasteiger partial charge < -0.3 is 20.7 Å². The molecule has 1 fully saturated rings. The average Bonchev–Trinajstić information content (AvgIpc) is 2.78. The summed E-state index contributed by atoms with van der Waals surface area (Å²) >= 11 is 0. The number of hydrogen-bond acceptors (Lipinski definition) is 5. The molecule has 1 aliphatic rings. The molecule has 6 nitrogen and oxygen atoms in total. The second-order valence-corrected chi connectivity index (χ2v) is 7.57. The molecule has 0 spiro atoms. The molecule has 0 unspecified atom stereocenters. The van der Waals surface area contributed by atoms with E-state index in [0.717, 1.165) is 29.2 Å². The quantitative estimate of drug-likeness (QED) is 0.586. The Morgan fingerprint density at radius 1 is 1.10 bits per heavy atom. The van der Waals surface area contributed by atoms with Gasteiger partial charge >= 0.3 is 7.12 Å². The van der Waals surface area contributed by atoms with Gasteiger partial charge in [0, 0.05) is 25.8 Å². The molecule has 7 heteroatoms. The number of amides is 1. The lowest BCUT2D eigenvalue weighted by Gasteiger charge is -2.32. The van der Waals surface area contributed by atoms with Crippen LogP contribution in [0.1, 0.15) is 40.4 Å². The molecule has 1 aliphatic heterocycles. The third-order valence-electron chi connectivity index (χ3n) is 5.70. The Kier molecular flexibility index (Phi) is 5.62. The van der Waals surface area contributed by atoms with Crippen LogP contribution in [0.3, 0.4) is 0 Å². The number of nitrogens with zero attached hydrogens (tertiary/aromatic N) is 2. The lowest BCUT2D eigenvalue weighted by molar-refractivity contribution is 0.0707. The SMILES string of the molecule is NCc1cccc(C2CCN(C(=O)c3cc4ccc(B(O)O)cc4cn3)CC2)c1. The van der Waals surface area contributed by atoms with Gasteiger partial charge in [-0.2, -0.15) is 0 Å². The summed E-state index contributed by atoms with van der Waals surface area (Å²) in [7, 11) is -1.52. The fourth-order valence-corrected chi connectivity index (χ4v) is 3.99. The number of carbonyl (C=O) groups is 1. The first kappa shape index (κ1) is 19.6. The van der Waals surface area contributed by atoms with E-state index < -0.39 is 7.12 Å². The van der Waals surface area contributed by atoms with Crippen molar-refractivity contribution in [2.75, 3.05) is 13.1 Å². The highest BCUT2D eigenvalue weighted by molar-refractivity contribution is 6.58. The van der Waals surface area contributed by atoms with E-state index in [-0.39, 0.29) is 5.91 Å². The molecule has 0 radical (unpaired) electrons. The van der Waals surface area contributed by atoms with Crippen LogP contribution in [0.15, 0.2) is 54.7 Å². The topological polar surface area (TPSA) is 99.7 Å². The van der Waals surface area contributed by atoms with Crippen LogP contribution in [0.25, 0.3) is 10.8 Å². The molecule has 3 aromatic rings. The number of piperidine rings is 1. The van der Waals surface area contributed by atoms with Crippen molar-refractivity contribution >= 4 is 29.3 Å². The van der Waals surface area contributed by atoms with Gasteiger partial charge in [0.25, 0.3) is 5.91 Å². The number of nitrogens with two attached hydrogens (primary N) is 1. The number of aromatic nitrogens is 1. The molecule has 0 saturated carbocycles. The summed E-state index contributed by atoms with van der Waals surface area (Å²) in [6.07, 6.45) is 3.45. The number of rotatable bonds is 4. The van der Waals surface area contributed by atoms with Gasteiger partial charge in [-0.1, -0.05) is 42.5 Å². The predicted octanol–water partition coefficient (Wildman–Crippen LogP) is 1.39. The lowest BCUT2D eigenvalue weighted by atomic mass is 9.79. The molecule has 29 heavy (non-hydrogen) atoms. The van der Waals surface area contributed by atoms with Gasteiger partial charge in [-0.25, -0.2) is 0 Å². The van der Waals surface area contributed by atoms with Crippen LogP contribution >= 0.6 is 0 Å². The van der Waals surface area contributed by atoms with E-state index in [1.165, 1.54) is 5.56 Å². The van der Waals surface area contributed by atoms with Crippen LogP contribution in [0.5, 0.6) is 0 Å². The molecule has 1 aromatic heterocycles. The van der Waals surface area contributed by atoms with Crippen LogP contribution in [-0.4, -0.2) is 46.0 Å². The van der Waals surface area contributed by atoms with Gasteiger partial charge in [0.1, 0.15) is 5.69 Å². The molecule has 4 rings (SSSR count). The van der Waals surface area contributed by atoms with E-state index in [1.54, 1.807) is 30.5 Å². The molecular weight excluding hydrogens is 365 g/mol. The highest BCUT2D eigenvalue weighted by atomic mass is 16.4. The van der Waals surface area contributed by atoms with Gasteiger partial charge in [0.15, 0.2) is 0 Å². The van der Waals surface area contributed by atoms with Crippen LogP contribution in [0.4, 0.5) is 0 Å². The maximum atomic E-state index is 12.9. The molecule has 2 aromatic carbocycles. The van der Waals surface area contributed by atoms with E-state index in [0.29, 0.717) is 36.7 Å². The minimum atomic E-state index is -1.52. The molecule has 1 saturated heterocycles. The summed E-state index contributed by atoms with van der Waals surface area (Å²) in [4.78, 5) is 19.1. The summed E-state index contributed by atoms with van der Waals surface area (Å²) in [5.41, 5.74) is 9.00. The van der Waals surface area contributed by atoms with Crippen LogP contribution in [-0.2, 0) is 6.54 Å². The number of pyridine rings is 1. The second-order valence-electron chi connectivity index (χ2n) is 7.57. The van der Waals surface area contributed by atoms with Gasteiger partial charge in [-0.15, -0.1) is 0 Å². The summed E-state index contributed by atoms with van der Waals surface area (Å²) < 4.78 is 0. The first-order valence-corrected chi connectivity index (χ1v) is 9.89. The van der Waals surface area contributed by atoms with E-state index in [4.69, 9.17) is 5.73 Å². The minimum absolute atomic E-state index is 0.0627. The maximum Gasteiger partial charge on any atom is 0.488 e. The Morgan fingerprint density at radius 2 is 1.90 bits per heavy atom. The van der Waals surface area contributed by atoms with Gasteiger partial charge in [0.05, 0.1) is 0 Å². The summed E-state index contributed by atoms with van der Waals surface area (Å²) in [5.74, 6) is 0.380. The Hall–Kier alpha value is -2.74. The van der Waals surface area contributed by atoms with Gasteiger partial charge in [-0.05, 0) is 52.2 Å². The van der Waals surface area contributed by atoms with E-state index in [2.05, 4.69) is 23.2 Å². The zero-order valence-electron chi connectivity index (χ0n) is 16.2. The average molecular weight is 389 g/mol. The molecule has 0 aliphatic carbocycles. The molecule has 148 valence electrons. The minimum Gasteiger partial charge on any atom is -0.423 e. The number of fused-ring (bicyclic) bond motifs is 1. The zero-order valence-corrected chi connectivity index (χ0v) is 16.2. The standard InChI is InChI=1S/C22H24BN3O3/c24-13-15-2-1-3-17(10-15)16-6-8-26(9-7-16)22(27)21-12-18-4-5-20(23(28)29)11-19(18)14-25-21/h1-5,10-12,14,16,28-29H,6-9,13,24H2. The third-order valence-corrected chi connectivity index (χ3v) is 5.70. The Balaban J connectivity index is 1.45. The summed E-state index contributed by atoms with van der Waals surface area (Å²) in [5, 5.41) is 20.2. The fraction of sp³-hybridized carbons (Fsp3) is 0.273. The van der Waals surface area contributed by atoms with Crippen LogP contribution in [0.2, 0.25) is 0 Å². The molecule has 2 heterocycles. The Bertz CT molecular complexity index is 1030. The monoisotopic (exact) mass is 389 g/mol. The third kappa shape index (κ3) is 4.17. The Morgan fingerprint density at radius 3 is 2.62 bits per heavy atom. The number of hydrogen-bond donors (Lipinski definition) is 3. The molecule has 1 amide bonds. The van der Waals surface area contributed by atoms with Crippen molar-refractivity contribution in [3.63, 3.8) is 0 Å². The van der Waals surface area contributed by atoms with Crippen molar-refractivity contribution in [3.8, 4) is 0 Å². The van der Waals surface area contributed by atoms with Gasteiger partial charge in [-0.3, -0.25) is 9.78 Å². The maximum absolute atomic E-state index is 12.9. The summed E-state index contributed by atoms with van der Waals surface area (Å²) in [6.45, 7) is 1.94. The number of carbonyl (C=O) groups excluding carboxylic acids is 1. The van der Waals surface area contributed by atoms with E-state index in [1.807, 2.05) is 11.0 Å². The van der Waals surface area contributed by atoms with Crippen molar-refractivity contribution in [2.24, 2.45) is 5.73 Å². The normalized spacial score (nSPS) is 14.9.